The number of carbonyl (C=O) groups excluding carboxylic acids is 3. The van der Waals surface area contributed by atoms with Crippen LogP contribution in [0.4, 0.5) is 4.79 Å². The second-order valence-corrected chi connectivity index (χ2v) is 9.93. The second kappa shape index (κ2) is 17.0. The number of azide groups is 1. The quantitative estimate of drug-likeness (QED) is 0.0727. The van der Waals surface area contributed by atoms with Gasteiger partial charge in [0.25, 0.3) is 0 Å². The number of benzene rings is 2. The van der Waals surface area contributed by atoms with Crippen molar-refractivity contribution in [1.29, 1.82) is 0 Å². The van der Waals surface area contributed by atoms with E-state index >= 15 is 0 Å². The summed E-state index contributed by atoms with van der Waals surface area (Å²) in [5.74, 6) is -1.21. The predicted octanol–water partition coefficient (Wildman–Crippen LogP) is 5.30. The van der Waals surface area contributed by atoms with E-state index < -0.39 is 42.6 Å². The molecule has 5 atom stereocenters. The zero-order valence-corrected chi connectivity index (χ0v) is 24.2. The zero-order valence-electron chi connectivity index (χ0n) is 24.2. The Labute approximate surface area is 245 Å². The molecule has 1 heterocycles. The van der Waals surface area contributed by atoms with Gasteiger partial charge in [0, 0.05) is 38.5 Å². The normalized spacial score (nSPS) is 21.5. The van der Waals surface area contributed by atoms with Crippen LogP contribution in [-0.2, 0) is 46.4 Å². The summed E-state index contributed by atoms with van der Waals surface area (Å²) < 4.78 is 28.0. The molecule has 0 aromatic heterocycles. The lowest BCUT2D eigenvalue weighted by molar-refractivity contribution is -0.263. The summed E-state index contributed by atoms with van der Waals surface area (Å²) in [6, 6.07) is 18.2. The van der Waals surface area contributed by atoms with Crippen molar-refractivity contribution < 1.29 is 38.1 Å². The van der Waals surface area contributed by atoms with Gasteiger partial charge in [-0.2, -0.15) is 0 Å². The molecule has 3 rings (SSSR count). The maximum absolute atomic E-state index is 12.9. The van der Waals surface area contributed by atoms with Gasteiger partial charge in [0.1, 0.15) is 12.6 Å². The molecule has 1 aliphatic rings. The number of nitrogens with zero attached hydrogens (tertiary/aromatic N) is 4. The highest BCUT2D eigenvalue weighted by atomic mass is 16.7. The van der Waals surface area contributed by atoms with Gasteiger partial charge in [-0.05, 0) is 42.8 Å². The third-order valence-electron chi connectivity index (χ3n) is 6.57. The Morgan fingerprint density at radius 3 is 2.14 bits per heavy atom. The molecule has 12 nitrogen and oxygen atoms in total. The first-order chi connectivity index (χ1) is 20.3. The summed E-state index contributed by atoms with van der Waals surface area (Å²) in [5, 5.41) is 3.73. The number of esters is 2. The van der Waals surface area contributed by atoms with Crippen LogP contribution < -0.4 is 0 Å². The molecule has 5 unspecified atom stereocenters. The van der Waals surface area contributed by atoms with Gasteiger partial charge < -0.3 is 28.6 Å². The van der Waals surface area contributed by atoms with Gasteiger partial charge in [-0.25, -0.2) is 4.79 Å². The highest BCUT2D eigenvalue weighted by Crippen LogP contribution is 2.29. The third-order valence-corrected chi connectivity index (χ3v) is 6.57. The van der Waals surface area contributed by atoms with Crippen LogP contribution in [0.15, 0.2) is 65.8 Å². The summed E-state index contributed by atoms with van der Waals surface area (Å²) in [6.45, 7) is 5.46. The fourth-order valence-corrected chi connectivity index (χ4v) is 4.62. The molecular formula is C30H38N4O8. The highest BCUT2D eigenvalue weighted by Gasteiger charge is 2.48. The summed E-state index contributed by atoms with van der Waals surface area (Å²) in [4.78, 5) is 40.8. The molecule has 0 radical (unpaired) electrons. The van der Waals surface area contributed by atoms with Gasteiger partial charge in [-0.1, -0.05) is 65.8 Å². The Hall–Kier alpha value is -4.12. The largest absolute Gasteiger partial charge is 0.458 e. The number of rotatable bonds is 14. The van der Waals surface area contributed by atoms with Crippen molar-refractivity contribution in [2.75, 3.05) is 13.2 Å². The average molecular weight is 583 g/mol. The standard InChI is InChI=1S/C30H38N4O8/c1-21-27(41-22(2)35)28(42-23(3)36)26(32-33-31)29(40-21)38-18-12-6-11-17-34(19-24-13-7-4-8-14-24)30(37)39-20-25-15-9-5-10-16-25/h4-5,7-10,13-16,21,26-29H,6,11-12,17-20H2,1-3H3. The highest BCUT2D eigenvalue weighted by molar-refractivity contribution is 5.68. The molecule has 0 bridgehead atoms. The van der Waals surface area contributed by atoms with Gasteiger partial charge in [-0.15, -0.1) is 0 Å². The van der Waals surface area contributed by atoms with Crippen molar-refractivity contribution in [2.24, 2.45) is 5.11 Å². The number of carbonyl (C=O) groups is 3. The van der Waals surface area contributed by atoms with E-state index in [4.69, 9.17) is 29.2 Å². The van der Waals surface area contributed by atoms with E-state index in [1.165, 1.54) is 13.8 Å². The van der Waals surface area contributed by atoms with Crippen LogP contribution >= 0.6 is 0 Å². The molecule has 12 heteroatoms. The van der Waals surface area contributed by atoms with E-state index in [0.29, 0.717) is 25.9 Å². The lowest BCUT2D eigenvalue weighted by atomic mass is 9.97. The Morgan fingerprint density at radius 2 is 1.52 bits per heavy atom. The smallest absolute Gasteiger partial charge is 0.410 e. The molecule has 2 aromatic carbocycles. The minimum absolute atomic E-state index is 0.192. The Morgan fingerprint density at radius 1 is 0.905 bits per heavy atom. The van der Waals surface area contributed by atoms with E-state index in [-0.39, 0.29) is 19.3 Å². The first kappa shape index (κ1) is 32.4. The minimum Gasteiger partial charge on any atom is -0.458 e. The van der Waals surface area contributed by atoms with Crippen LogP contribution in [0.2, 0.25) is 0 Å². The molecule has 1 aliphatic heterocycles. The van der Waals surface area contributed by atoms with Crippen molar-refractivity contribution in [3.8, 4) is 0 Å². The number of ether oxygens (including phenoxy) is 5. The molecule has 1 saturated heterocycles. The fourth-order valence-electron chi connectivity index (χ4n) is 4.62. The number of amides is 1. The van der Waals surface area contributed by atoms with Crippen molar-refractivity contribution in [2.45, 2.75) is 83.8 Å². The Balaban J connectivity index is 1.53. The molecule has 0 aliphatic carbocycles. The van der Waals surface area contributed by atoms with E-state index in [2.05, 4.69) is 10.0 Å². The van der Waals surface area contributed by atoms with E-state index in [0.717, 1.165) is 17.5 Å². The van der Waals surface area contributed by atoms with Gasteiger partial charge in [0.05, 0.1) is 6.10 Å². The van der Waals surface area contributed by atoms with Crippen LogP contribution in [0, 0.1) is 0 Å². The number of hydrogen-bond acceptors (Lipinski definition) is 9. The summed E-state index contributed by atoms with van der Waals surface area (Å²) in [5.41, 5.74) is 11.0. The van der Waals surface area contributed by atoms with Gasteiger partial charge in [0.15, 0.2) is 18.5 Å². The van der Waals surface area contributed by atoms with Crippen LogP contribution in [-0.4, -0.2) is 66.7 Å². The van der Waals surface area contributed by atoms with Crippen LogP contribution in [0.1, 0.15) is 51.2 Å². The van der Waals surface area contributed by atoms with Crippen molar-refractivity contribution >= 4 is 18.0 Å². The summed E-state index contributed by atoms with van der Waals surface area (Å²) in [6.07, 6.45) is -2.04. The monoisotopic (exact) mass is 582 g/mol. The van der Waals surface area contributed by atoms with E-state index in [1.54, 1.807) is 11.8 Å². The first-order valence-corrected chi connectivity index (χ1v) is 13.9. The molecule has 0 spiro atoms. The minimum atomic E-state index is -1.07. The Bertz CT molecular complexity index is 1190. The van der Waals surface area contributed by atoms with Crippen LogP contribution in [0.25, 0.3) is 10.4 Å². The fraction of sp³-hybridized carbons (Fsp3) is 0.500. The predicted molar refractivity (Wildman–Crippen MR) is 152 cm³/mol. The lowest BCUT2D eigenvalue weighted by Gasteiger charge is -2.42. The number of hydrogen-bond donors (Lipinski definition) is 0. The summed E-state index contributed by atoms with van der Waals surface area (Å²) in [7, 11) is 0. The van der Waals surface area contributed by atoms with Gasteiger partial charge >= 0.3 is 18.0 Å². The van der Waals surface area contributed by atoms with Crippen molar-refractivity contribution in [3.63, 3.8) is 0 Å². The molecular weight excluding hydrogens is 544 g/mol. The maximum Gasteiger partial charge on any atom is 0.410 e. The first-order valence-electron chi connectivity index (χ1n) is 13.9. The molecule has 0 saturated carbocycles. The lowest BCUT2D eigenvalue weighted by Crippen LogP contribution is -2.59. The summed E-state index contributed by atoms with van der Waals surface area (Å²) >= 11 is 0. The second-order valence-electron chi connectivity index (χ2n) is 9.93. The van der Waals surface area contributed by atoms with Gasteiger partial charge in [-0.3, -0.25) is 9.59 Å². The maximum atomic E-state index is 12.9. The molecule has 1 fully saturated rings. The molecule has 226 valence electrons. The van der Waals surface area contributed by atoms with Crippen molar-refractivity contribution in [3.05, 3.63) is 82.2 Å². The number of unbranched alkanes of at least 4 members (excludes halogenated alkanes) is 2. The average Bonchev–Trinajstić information content (AvgIpc) is 2.97. The van der Waals surface area contributed by atoms with Crippen LogP contribution in [0.5, 0.6) is 0 Å². The molecule has 1 amide bonds. The van der Waals surface area contributed by atoms with E-state index in [1.807, 2.05) is 60.7 Å². The SMILES string of the molecule is CC(=O)OC1C(C)OC(OCCCCCN(Cc2ccccc2)C(=O)OCc2ccccc2)C(N=[N+]=[N-])C1OC(C)=O. The Kier molecular flexibility index (Phi) is 13.1. The van der Waals surface area contributed by atoms with E-state index in [9.17, 15) is 14.4 Å². The third kappa shape index (κ3) is 10.4. The zero-order chi connectivity index (χ0) is 30.3. The van der Waals surface area contributed by atoms with Crippen molar-refractivity contribution in [1.82, 2.24) is 4.90 Å². The topological polar surface area (TPSA) is 149 Å². The molecule has 42 heavy (non-hydrogen) atoms. The molecule has 0 N–H and O–H groups in total. The van der Waals surface area contributed by atoms with Gasteiger partial charge in [0.2, 0.25) is 0 Å². The molecule has 2 aromatic rings. The van der Waals surface area contributed by atoms with Crippen LogP contribution in [0.3, 0.4) is 0 Å².